The molecule has 8 nitrogen and oxygen atoms in total. The number of nitrogens with zero attached hydrogens (tertiary/aromatic N) is 3. The molecule has 1 saturated heterocycles. The second kappa shape index (κ2) is 7.85. The number of hydrogen-bond donors (Lipinski definition) is 2. The normalized spacial score (nSPS) is 17.7. The minimum atomic E-state index is -0.711. The molecule has 144 valence electrons. The number of halogens is 1. The lowest BCUT2D eigenvalue weighted by Crippen LogP contribution is -2.41. The summed E-state index contributed by atoms with van der Waals surface area (Å²) in [6.07, 6.45) is 0. The molecule has 2 heterocycles. The molecule has 1 aromatic heterocycles. The molecular weight excluding hydrogens is 355 g/mol. The number of rotatable bonds is 4. The van der Waals surface area contributed by atoms with Crippen molar-refractivity contribution in [1.29, 1.82) is 0 Å². The fourth-order valence-corrected chi connectivity index (χ4v) is 2.89. The Kier molecular flexibility index (Phi) is 5.52. The lowest BCUT2D eigenvalue weighted by molar-refractivity contribution is 0.000180. The van der Waals surface area contributed by atoms with Crippen LogP contribution in [0.1, 0.15) is 27.9 Å². The lowest BCUT2D eigenvalue weighted by atomic mass is 10.2. The number of aromatic hydroxyl groups is 1. The fraction of sp³-hybridized carbons (Fsp3) is 0.389. The fourth-order valence-electron chi connectivity index (χ4n) is 2.89. The van der Waals surface area contributed by atoms with Crippen LogP contribution in [0.4, 0.5) is 4.39 Å². The van der Waals surface area contributed by atoms with Gasteiger partial charge in [-0.3, -0.25) is 19.1 Å². The number of likely N-dealkylation sites (N-methyl/N-ethyl adjacent to an activating group) is 1. The molecule has 1 fully saturated rings. The summed E-state index contributed by atoms with van der Waals surface area (Å²) in [6, 6.07) is 5.33. The molecular formula is C18H21FN4O4. The molecule has 3 rings (SSSR count). The quantitative estimate of drug-likeness (QED) is 0.809. The van der Waals surface area contributed by atoms with Crippen LogP contribution in [-0.4, -0.2) is 52.3 Å². The van der Waals surface area contributed by atoms with Crippen molar-refractivity contribution in [2.75, 3.05) is 26.8 Å². The van der Waals surface area contributed by atoms with Gasteiger partial charge in [0.2, 0.25) is 5.75 Å². The topological polar surface area (TPSA) is 96.7 Å². The Morgan fingerprint density at radius 3 is 2.74 bits per heavy atom. The van der Waals surface area contributed by atoms with Crippen molar-refractivity contribution in [3.63, 3.8) is 0 Å². The SMILES string of the molecule is CN1CCOCC1c1nc(C(=O)NCc2ccc(F)cc2)c(O)c(=O)n1C. The smallest absolute Gasteiger partial charge is 0.296 e. The van der Waals surface area contributed by atoms with Gasteiger partial charge in [-0.15, -0.1) is 0 Å². The summed E-state index contributed by atoms with van der Waals surface area (Å²) in [4.78, 5) is 31.1. The van der Waals surface area contributed by atoms with E-state index in [9.17, 15) is 19.1 Å². The van der Waals surface area contributed by atoms with E-state index < -0.39 is 17.2 Å². The highest BCUT2D eigenvalue weighted by Crippen LogP contribution is 2.22. The second-order valence-electron chi connectivity index (χ2n) is 6.41. The summed E-state index contributed by atoms with van der Waals surface area (Å²) in [5.74, 6) is -1.43. The number of ether oxygens (including phenoxy) is 1. The number of hydrogen-bond acceptors (Lipinski definition) is 6. The van der Waals surface area contributed by atoms with Crippen LogP contribution in [0.5, 0.6) is 5.75 Å². The number of morpholine rings is 1. The monoisotopic (exact) mass is 376 g/mol. The predicted molar refractivity (Wildman–Crippen MR) is 94.9 cm³/mol. The zero-order valence-electron chi connectivity index (χ0n) is 15.1. The maximum atomic E-state index is 13.0. The summed E-state index contributed by atoms with van der Waals surface area (Å²) in [7, 11) is 3.37. The zero-order chi connectivity index (χ0) is 19.6. The average molecular weight is 376 g/mol. The molecule has 1 unspecified atom stereocenters. The Bertz CT molecular complexity index is 897. The molecule has 1 aliphatic heterocycles. The van der Waals surface area contributed by atoms with E-state index >= 15 is 0 Å². The molecule has 9 heteroatoms. The van der Waals surface area contributed by atoms with Gasteiger partial charge in [-0.1, -0.05) is 12.1 Å². The molecule has 0 spiro atoms. The molecule has 1 atom stereocenters. The number of benzene rings is 1. The number of amides is 1. The van der Waals surface area contributed by atoms with Crippen LogP contribution < -0.4 is 10.9 Å². The first-order valence-electron chi connectivity index (χ1n) is 8.49. The maximum Gasteiger partial charge on any atom is 0.296 e. The zero-order valence-corrected chi connectivity index (χ0v) is 15.1. The Hall–Kier alpha value is -2.78. The number of nitrogens with one attached hydrogen (secondary N) is 1. The Balaban J connectivity index is 1.86. The molecule has 0 aliphatic carbocycles. The molecule has 1 aliphatic rings. The van der Waals surface area contributed by atoms with E-state index in [-0.39, 0.29) is 24.1 Å². The summed E-state index contributed by atoms with van der Waals surface area (Å²) in [5.41, 5.74) is -0.367. The third-order valence-electron chi connectivity index (χ3n) is 4.58. The largest absolute Gasteiger partial charge is 0.501 e. The highest BCUT2D eigenvalue weighted by Gasteiger charge is 2.28. The van der Waals surface area contributed by atoms with Crippen molar-refractivity contribution < 1.29 is 19.0 Å². The van der Waals surface area contributed by atoms with Crippen LogP contribution in [0.2, 0.25) is 0 Å². The standard InChI is InChI=1S/C18H21FN4O4/c1-22-7-8-27-10-13(22)16-21-14(15(24)18(26)23(16)2)17(25)20-9-11-3-5-12(19)6-4-11/h3-6,13,24H,7-10H2,1-2H3,(H,20,25). The van der Waals surface area contributed by atoms with Gasteiger partial charge in [-0.25, -0.2) is 9.37 Å². The molecule has 0 radical (unpaired) electrons. The van der Waals surface area contributed by atoms with Crippen molar-refractivity contribution in [1.82, 2.24) is 19.8 Å². The highest BCUT2D eigenvalue weighted by atomic mass is 19.1. The van der Waals surface area contributed by atoms with E-state index in [1.54, 1.807) is 0 Å². The average Bonchev–Trinajstić information content (AvgIpc) is 2.66. The van der Waals surface area contributed by atoms with E-state index in [0.717, 1.165) is 0 Å². The van der Waals surface area contributed by atoms with Gasteiger partial charge in [0.15, 0.2) is 5.69 Å². The van der Waals surface area contributed by atoms with E-state index in [4.69, 9.17) is 4.74 Å². The molecule has 1 aromatic carbocycles. The second-order valence-corrected chi connectivity index (χ2v) is 6.41. The van der Waals surface area contributed by atoms with Crippen LogP contribution in [0.25, 0.3) is 0 Å². The summed E-state index contributed by atoms with van der Waals surface area (Å²) in [5, 5.41) is 12.7. The van der Waals surface area contributed by atoms with Gasteiger partial charge in [0.25, 0.3) is 11.5 Å². The minimum absolute atomic E-state index is 0.108. The highest BCUT2D eigenvalue weighted by molar-refractivity contribution is 5.94. The number of carbonyl (C=O) groups excluding carboxylic acids is 1. The van der Waals surface area contributed by atoms with Gasteiger partial charge in [0.1, 0.15) is 11.6 Å². The van der Waals surface area contributed by atoms with Crippen LogP contribution >= 0.6 is 0 Å². The van der Waals surface area contributed by atoms with Crippen LogP contribution in [0.3, 0.4) is 0 Å². The van der Waals surface area contributed by atoms with Crippen LogP contribution in [0, 0.1) is 5.82 Å². The first-order chi connectivity index (χ1) is 12.9. The number of carbonyl (C=O) groups is 1. The molecule has 1 amide bonds. The minimum Gasteiger partial charge on any atom is -0.501 e. The number of aromatic nitrogens is 2. The predicted octanol–water partition coefficient (Wildman–Crippen LogP) is 0.558. The van der Waals surface area contributed by atoms with Gasteiger partial charge in [-0.05, 0) is 24.7 Å². The first-order valence-corrected chi connectivity index (χ1v) is 8.49. The first kappa shape index (κ1) is 19.0. The van der Waals surface area contributed by atoms with Crippen molar-refractivity contribution in [3.05, 3.63) is 57.5 Å². The van der Waals surface area contributed by atoms with Crippen LogP contribution in [0.15, 0.2) is 29.1 Å². The summed E-state index contributed by atoms with van der Waals surface area (Å²) >= 11 is 0. The van der Waals surface area contributed by atoms with Crippen molar-refractivity contribution >= 4 is 5.91 Å². The molecule has 2 N–H and O–H groups in total. The summed E-state index contributed by atoms with van der Waals surface area (Å²) < 4.78 is 19.6. The molecule has 0 saturated carbocycles. The third-order valence-corrected chi connectivity index (χ3v) is 4.58. The van der Waals surface area contributed by atoms with Crippen molar-refractivity contribution in [2.45, 2.75) is 12.6 Å². The molecule has 2 aromatic rings. The van der Waals surface area contributed by atoms with E-state index in [2.05, 4.69) is 10.3 Å². The van der Waals surface area contributed by atoms with E-state index in [0.29, 0.717) is 31.1 Å². The Morgan fingerprint density at radius 1 is 1.37 bits per heavy atom. The van der Waals surface area contributed by atoms with Crippen molar-refractivity contribution in [2.24, 2.45) is 7.05 Å². The maximum absolute atomic E-state index is 13.0. The van der Waals surface area contributed by atoms with E-state index in [1.165, 1.54) is 35.9 Å². The van der Waals surface area contributed by atoms with Gasteiger partial charge in [0.05, 0.1) is 19.3 Å². The van der Waals surface area contributed by atoms with Gasteiger partial charge < -0.3 is 15.2 Å². The van der Waals surface area contributed by atoms with Gasteiger partial charge >= 0.3 is 0 Å². The Morgan fingerprint density at radius 2 is 2.07 bits per heavy atom. The van der Waals surface area contributed by atoms with Gasteiger partial charge in [-0.2, -0.15) is 0 Å². The van der Waals surface area contributed by atoms with Crippen molar-refractivity contribution in [3.8, 4) is 5.75 Å². The Labute approximate surface area is 155 Å². The summed E-state index contributed by atoms with van der Waals surface area (Å²) in [6.45, 7) is 1.67. The van der Waals surface area contributed by atoms with Gasteiger partial charge in [0, 0.05) is 20.1 Å². The van der Waals surface area contributed by atoms with E-state index in [1.807, 2.05) is 11.9 Å². The lowest BCUT2D eigenvalue weighted by Gasteiger charge is -2.32. The molecule has 0 bridgehead atoms. The third kappa shape index (κ3) is 3.99. The van der Waals surface area contributed by atoms with Crippen LogP contribution in [-0.2, 0) is 18.3 Å². The molecule has 27 heavy (non-hydrogen) atoms.